The molecule has 0 spiro atoms. The van der Waals surface area contributed by atoms with Crippen LogP contribution in [0.2, 0.25) is 0 Å². The molecule has 0 aliphatic heterocycles. The molecule has 0 saturated heterocycles. The third-order valence-corrected chi connectivity index (χ3v) is 3.71. The Hall–Kier alpha value is -3.28. The number of ether oxygens (including phenoxy) is 3. The van der Waals surface area contributed by atoms with Crippen molar-refractivity contribution in [3.05, 3.63) is 52.9 Å². The second-order valence-electron chi connectivity index (χ2n) is 5.30. The Morgan fingerprint density at radius 1 is 1.00 bits per heavy atom. The van der Waals surface area contributed by atoms with Gasteiger partial charge in [-0.05, 0) is 29.8 Å². The number of fused-ring (bicyclic) bond motifs is 1. The van der Waals surface area contributed by atoms with Crippen LogP contribution >= 0.6 is 0 Å². The van der Waals surface area contributed by atoms with Crippen LogP contribution in [0, 0.1) is 0 Å². The number of methoxy groups -OCH3 is 2. The molecule has 128 valence electrons. The van der Waals surface area contributed by atoms with Crippen molar-refractivity contribution in [2.45, 2.75) is 6.92 Å². The van der Waals surface area contributed by atoms with Gasteiger partial charge in [-0.3, -0.25) is 9.59 Å². The maximum atomic E-state index is 12.8. The molecule has 0 radical (unpaired) electrons. The van der Waals surface area contributed by atoms with Gasteiger partial charge in [-0.15, -0.1) is 0 Å². The van der Waals surface area contributed by atoms with E-state index < -0.39 is 5.97 Å². The monoisotopic (exact) mass is 340 g/mol. The van der Waals surface area contributed by atoms with Crippen molar-refractivity contribution >= 4 is 16.9 Å². The molecule has 25 heavy (non-hydrogen) atoms. The zero-order chi connectivity index (χ0) is 18.0. The van der Waals surface area contributed by atoms with E-state index in [0.717, 1.165) is 0 Å². The Morgan fingerprint density at radius 3 is 2.48 bits per heavy atom. The standard InChI is InChI=1S/C19H16O6/c1-11(20)25-16-7-4-12(8-18(16)23-3)15-10-24-17-9-13(22-2)5-6-14(17)19(15)21/h4-10H,1-3H3. The Balaban J connectivity index is 2.11. The molecule has 1 aromatic heterocycles. The van der Waals surface area contributed by atoms with Crippen LogP contribution in [0.4, 0.5) is 0 Å². The van der Waals surface area contributed by atoms with E-state index in [-0.39, 0.29) is 11.2 Å². The van der Waals surface area contributed by atoms with E-state index >= 15 is 0 Å². The predicted octanol–water partition coefficient (Wildman–Crippen LogP) is 3.40. The summed E-state index contributed by atoms with van der Waals surface area (Å²) in [5, 5.41) is 0.446. The van der Waals surface area contributed by atoms with Gasteiger partial charge in [-0.1, -0.05) is 6.07 Å². The molecule has 6 nitrogen and oxygen atoms in total. The largest absolute Gasteiger partial charge is 0.497 e. The molecule has 0 aliphatic carbocycles. The van der Waals surface area contributed by atoms with Crippen LogP contribution < -0.4 is 19.6 Å². The minimum Gasteiger partial charge on any atom is -0.497 e. The molecule has 0 saturated carbocycles. The number of esters is 1. The molecule has 3 aromatic rings. The van der Waals surface area contributed by atoms with Crippen LogP contribution in [0.3, 0.4) is 0 Å². The van der Waals surface area contributed by atoms with Crippen LogP contribution in [0.5, 0.6) is 17.2 Å². The summed E-state index contributed by atoms with van der Waals surface area (Å²) in [5.74, 6) is 0.789. The third-order valence-electron chi connectivity index (χ3n) is 3.71. The number of hydrogen-bond acceptors (Lipinski definition) is 6. The van der Waals surface area contributed by atoms with E-state index in [1.165, 1.54) is 20.3 Å². The average Bonchev–Trinajstić information content (AvgIpc) is 2.61. The quantitative estimate of drug-likeness (QED) is 0.535. The van der Waals surface area contributed by atoms with Crippen LogP contribution in [-0.2, 0) is 4.79 Å². The van der Waals surface area contributed by atoms with Crippen molar-refractivity contribution in [2.24, 2.45) is 0 Å². The highest BCUT2D eigenvalue weighted by atomic mass is 16.6. The van der Waals surface area contributed by atoms with Gasteiger partial charge in [-0.25, -0.2) is 0 Å². The molecule has 6 heteroatoms. The fraction of sp³-hybridized carbons (Fsp3) is 0.158. The Bertz CT molecular complexity index is 1000. The van der Waals surface area contributed by atoms with E-state index in [1.54, 1.807) is 43.5 Å². The van der Waals surface area contributed by atoms with Gasteiger partial charge >= 0.3 is 5.97 Å². The second kappa shape index (κ2) is 6.68. The van der Waals surface area contributed by atoms with Crippen LogP contribution in [0.25, 0.3) is 22.1 Å². The lowest BCUT2D eigenvalue weighted by Crippen LogP contribution is -2.06. The zero-order valence-corrected chi connectivity index (χ0v) is 14.0. The Labute approximate surface area is 143 Å². The number of carbonyl (C=O) groups is 1. The van der Waals surface area contributed by atoms with Gasteiger partial charge in [0, 0.05) is 13.0 Å². The summed E-state index contributed by atoms with van der Waals surface area (Å²) >= 11 is 0. The number of rotatable bonds is 4. The highest BCUT2D eigenvalue weighted by Crippen LogP contribution is 2.32. The van der Waals surface area contributed by atoms with Crippen molar-refractivity contribution in [3.63, 3.8) is 0 Å². The van der Waals surface area contributed by atoms with E-state index in [9.17, 15) is 9.59 Å². The molecule has 0 atom stereocenters. The second-order valence-corrected chi connectivity index (χ2v) is 5.30. The molecule has 0 unspecified atom stereocenters. The van der Waals surface area contributed by atoms with Crippen molar-refractivity contribution in [1.29, 1.82) is 0 Å². The summed E-state index contributed by atoms with van der Waals surface area (Å²) < 4.78 is 21.0. The first-order valence-corrected chi connectivity index (χ1v) is 7.50. The van der Waals surface area contributed by atoms with Gasteiger partial charge in [0.2, 0.25) is 0 Å². The summed E-state index contributed by atoms with van der Waals surface area (Å²) in [6.07, 6.45) is 1.39. The lowest BCUT2D eigenvalue weighted by atomic mass is 10.0. The van der Waals surface area contributed by atoms with Crippen molar-refractivity contribution in [2.75, 3.05) is 14.2 Å². The summed E-state index contributed by atoms with van der Waals surface area (Å²) in [6.45, 7) is 1.31. The predicted molar refractivity (Wildman–Crippen MR) is 92.3 cm³/mol. The number of benzene rings is 2. The first-order chi connectivity index (χ1) is 12.0. The molecule has 1 heterocycles. The molecule has 0 fully saturated rings. The van der Waals surface area contributed by atoms with Gasteiger partial charge < -0.3 is 18.6 Å². The summed E-state index contributed by atoms with van der Waals surface area (Å²) in [6, 6.07) is 9.89. The maximum Gasteiger partial charge on any atom is 0.308 e. The Morgan fingerprint density at radius 2 is 1.80 bits per heavy atom. The maximum absolute atomic E-state index is 12.8. The fourth-order valence-electron chi connectivity index (χ4n) is 2.51. The number of hydrogen-bond donors (Lipinski definition) is 0. The molecular weight excluding hydrogens is 324 g/mol. The van der Waals surface area contributed by atoms with Crippen molar-refractivity contribution in [1.82, 2.24) is 0 Å². The zero-order valence-electron chi connectivity index (χ0n) is 14.0. The molecule has 0 bridgehead atoms. The third kappa shape index (κ3) is 3.19. The first kappa shape index (κ1) is 16.6. The van der Waals surface area contributed by atoms with E-state index in [1.807, 2.05) is 0 Å². The van der Waals surface area contributed by atoms with Crippen LogP contribution in [-0.4, -0.2) is 20.2 Å². The van der Waals surface area contributed by atoms with Gasteiger partial charge in [-0.2, -0.15) is 0 Å². The van der Waals surface area contributed by atoms with E-state index in [0.29, 0.717) is 33.6 Å². The normalized spacial score (nSPS) is 10.5. The highest BCUT2D eigenvalue weighted by Gasteiger charge is 2.14. The van der Waals surface area contributed by atoms with Crippen LogP contribution in [0.15, 0.2) is 51.9 Å². The molecule has 0 aliphatic rings. The molecule has 3 rings (SSSR count). The highest BCUT2D eigenvalue weighted by molar-refractivity contribution is 5.83. The molecular formula is C19H16O6. The van der Waals surface area contributed by atoms with Crippen molar-refractivity contribution in [3.8, 4) is 28.4 Å². The van der Waals surface area contributed by atoms with Gasteiger partial charge in [0.05, 0.1) is 25.2 Å². The first-order valence-electron chi connectivity index (χ1n) is 7.50. The van der Waals surface area contributed by atoms with E-state index in [4.69, 9.17) is 18.6 Å². The molecule has 0 N–H and O–H groups in total. The van der Waals surface area contributed by atoms with Gasteiger partial charge in [0.25, 0.3) is 0 Å². The minimum atomic E-state index is -0.454. The summed E-state index contributed by atoms with van der Waals surface area (Å²) in [7, 11) is 3.01. The smallest absolute Gasteiger partial charge is 0.308 e. The topological polar surface area (TPSA) is 75.0 Å². The SMILES string of the molecule is COc1ccc2c(=O)c(-c3ccc(OC(C)=O)c(OC)c3)coc2c1. The summed E-state index contributed by atoms with van der Waals surface area (Å²) in [4.78, 5) is 23.9. The molecule has 2 aromatic carbocycles. The number of carbonyl (C=O) groups excluding carboxylic acids is 1. The van der Waals surface area contributed by atoms with Gasteiger partial charge in [0.15, 0.2) is 16.9 Å². The van der Waals surface area contributed by atoms with Crippen LogP contribution in [0.1, 0.15) is 6.92 Å². The lowest BCUT2D eigenvalue weighted by Gasteiger charge is -2.10. The summed E-state index contributed by atoms with van der Waals surface area (Å²) in [5.41, 5.74) is 1.24. The fourth-order valence-corrected chi connectivity index (χ4v) is 2.51. The molecule has 0 amide bonds. The minimum absolute atomic E-state index is 0.175. The van der Waals surface area contributed by atoms with Crippen molar-refractivity contribution < 1.29 is 23.4 Å². The average molecular weight is 340 g/mol. The lowest BCUT2D eigenvalue weighted by molar-refractivity contribution is -0.132. The van der Waals surface area contributed by atoms with E-state index in [2.05, 4.69) is 0 Å². The Kier molecular flexibility index (Phi) is 4.43. The van der Waals surface area contributed by atoms with Gasteiger partial charge in [0.1, 0.15) is 17.6 Å².